The molecule has 0 atom stereocenters. The van der Waals surface area contributed by atoms with E-state index < -0.39 is 0 Å². The maximum absolute atomic E-state index is 11.7. The second kappa shape index (κ2) is 5.78. The summed E-state index contributed by atoms with van der Waals surface area (Å²) in [6.45, 7) is 0.588. The molecule has 0 bridgehead atoms. The van der Waals surface area contributed by atoms with Gasteiger partial charge in [-0.05, 0) is 42.7 Å². The molecule has 0 aliphatic heterocycles. The maximum Gasteiger partial charge on any atom is 0.228 e. The van der Waals surface area contributed by atoms with Gasteiger partial charge >= 0.3 is 0 Å². The lowest BCUT2D eigenvalue weighted by Gasteiger charge is -2.09. The van der Waals surface area contributed by atoms with Crippen LogP contribution in [0.25, 0.3) is 0 Å². The standard InChI is InChI=1S/C15H17N5O/c16-14-12(2-1-6-18-14)19-9-10-5-7-17-13(8-10)20-15(21)11-3-4-11/h1-2,5-8,11,19H,3-4,9H2,(H2,16,18)(H,17,20,21). The molecule has 0 unspecified atom stereocenters. The summed E-state index contributed by atoms with van der Waals surface area (Å²) in [4.78, 5) is 19.9. The zero-order valence-corrected chi connectivity index (χ0v) is 11.5. The third kappa shape index (κ3) is 3.47. The highest BCUT2D eigenvalue weighted by atomic mass is 16.2. The maximum atomic E-state index is 11.7. The van der Waals surface area contributed by atoms with Gasteiger partial charge in [-0.15, -0.1) is 0 Å². The van der Waals surface area contributed by atoms with Gasteiger partial charge in [0.25, 0.3) is 0 Å². The number of nitrogens with two attached hydrogens (primary N) is 1. The largest absolute Gasteiger partial charge is 0.382 e. The molecule has 1 fully saturated rings. The fourth-order valence-electron chi connectivity index (χ4n) is 1.99. The van der Waals surface area contributed by atoms with E-state index in [4.69, 9.17) is 5.73 Å². The van der Waals surface area contributed by atoms with Crippen molar-refractivity contribution in [2.45, 2.75) is 19.4 Å². The summed E-state index contributed by atoms with van der Waals surface area (Å²) in [5.74, 6) is 1.28. The normalized spacial score (nSPS) is 13.7. The molecule has 4 N–H and O–H groups in total. The number of amides is 1. The summed E-state index contributed by atoms with van der Waals surface area (Å²) in [6, 6.07) is 7.46. The van der Waals surface area contributed by atoms with Gasteiger partial charge in [0.05, 0.1) is 5.69 Å². The highest BCUT2D eigenvalue weighted by Gasteiger charge is 2.29. The molecule has 6 heteroatoms. The van der Waals surface area contributed by atoms with Crippen LogP contribution in [-0.2, 0) is 11.3 Å². The number of nitrogens with zero attached hydrogens (tertiary/aromatic N) is 2. The molecule has 3 rings (SSSR count). The smallest absolute Gasteiger partial charge is 0.228 e. The Hall–Kier alpha value is -2.63. The molecule has 0 radical (unpaired) electrons. The lowest BCUT2D eigenvalue weighted by molar-refractivity contribution is -0.117. The molecule has 2 heterocycles. The van der Waals surface area contributed by atoms with Crippen molar-refractivity contribution < 1.29 is 4.79 Å². The first kappa shape index (κ1) is 13.4. The molecule has 0 aromatic carbocycles. The zero-order valence-electron chi connectivity index (χ0n) is 11.5. The van der Waals surface area contributed by atoms with E-state index in [1.54, 1.807) is 12.4 Å². The molecular formula is C15H17N5O. The van der Waals surface area contributed by atoms with Gasteiger partial charge in [0.15, 0.2) is 0 Å². The fourth-order valence-corrected chi connectivity index (χ4v) is 1.99. The first-order valence-electron chi connectivity index (χ1n) is 6.92. The van der Waals surface area contributed by atoms with Crippen LogP contribution in [0.3, 0.4) is 0 Å². The Morgan fingerprint density at radius 1 is 1.29 bits per heavy atom. The Balaban J connectivity index is 1.63. The van der Waals surface area contributed by atoms with Crippen molar-refractivity contribution in [1.29, 1.82) is 0 Å². The van der Waals surface area contributed by atoms with E-state index in [9.17, 15) is 4.79 Å². The number of carbonyl (C=O) groups is 1. The molecule has 2 aromatic heterocycles. The molecule has 1 aliphatic rings. The number of pyridine rings is 2. The van der Waals surface area contributed by atoms with Crippen LogP contribution in [0.1, 0.15) is 18.4 Å². The number of rotatable bonds is 5. The SMILES string of the molecule is Nc1ncccc1NCc1ccnc(NC(=O)C2CC2)c1. The third-order valence-corrected chi connectivity index (χ3v) is 3.35. The number of aromatic nitrogens is 2. The number of nitrogens with one attached hydrogen (secondary N) is 2. The van der Waals surface area contributed by atoms with Crippen molar-refractivity contribution in [2.24, 2.45) is 5.92 Å². The van der Waals surface area contributed by atoms with E-state index in [0.29, 0.717) is 18.2 Å². The highest BCUT2D eigenvalue weighted by Crippen LogP contribution is 2.30. The van der Waals surface area contributed by atoms with E-state index in [0.717, 1.165) is 24.1 Å². The van der Waals surface area contributed by atoms with Crippen LogP contribution in [0, 0.1) is 5.92 Å². The summed E-state index contributed by atoms with van der Waals surface area (Å²) in [6.07, 6.45) is 5.30. The van der Waals surface area contributed by atoms with Gasteiger partial charge in [-0.3, -0.25) is 4.79 Å². The van der Waals surface area contributed by atoms with E-state index in [-0.39, 0.29) is 11.8 Å². The molecule has 0 spiro atoms. The molecule has 1 amide bonds. The summed E-state index contributed by atoms with van der Waals surface area (Å²) in [7, 11) is 0. The van der Waals surface area contributed by atoms with Crippen molar-refractivity contribution in [1.82, 2.24) is 9.97 Å². The van der Waals surface area contributed by atoms with Crippen molar-refractivity contribution in [3.63, 3.8) is 0 Å². The predicted octanol–water partition coefficient (Wildman–Crippen LogP) is 2.02. The average molecular weight is 283 g/mol. The Bertz CT molecular complexity index is 654. The van der Waals surface area contributed by atoms with Crippen molar-refractivity contribution >= 4 is 23.2 Å². The van der Waals surface area contributed by atoms with Gasteiger partial charge in [0, 0.05) is 24.9 Å². The summed E-state index contributed by atoms with van der Waals surface area (Å²) in [5, 5.41) is 6.06. The quantitative estimate of drug-likeness (QED) is 0.780. The van der Waals surface area contributed by atoms with Gasteiger partial charge in [0.1, 0.15) is 11.6 Å². The lowest BCUT2D eigenvalue weighted by Crippen LogP contribution is -2.14. The van der Waals surface area contributed by atoms with Crippen LogP contribution in [-0.4, -0.2) is 15.9 Å². The molecule has 108 valence electrons. The molecule has 21 heavy (non-hydrogen) atoms. The molecule has 1 aliphatic carbocycles. The van der Waals surface area contributed by atoms with Crippen LogP contribution in [0.15, 0.2) is 36.7 Å². The Morgan fingerprint density at radius 3 is 2.90 bits per heavy atom. The number of nitrogen functional groups attached to an aromatic ring is 1. The van der Waals surface area contributed by atoms with E-state index in [1.807, 2.05) is 24.3 Å². The molecule has 1 saturated carbocycles. The first-order valence-corrected chi connectivity index (χ1v) is 6.92. The van der Waals surface area contributed by atoms with Gasteiger partial charge < -0.3 is 16.4 Å². The third-order valence-electron chi connectivity index (χ3n) is 3.35. The highest BCUT2D eigenvalue weighted by molar-refractivity contribution is 5.93. The van der Waals surface area contributed by atoms with Gasteiger partial charge in [-0.2, -0.15) is 0 Å². The average Bonchev–Trinajstić information content (AvgIpc) is 3.31. The Labute approximate surface area is 122 Å². The van der Waals surface area contributed by atoms with Gasteiger partial charge in [0.2, 0.25) is 5.91 Å². The lowest BCUT2D eigenvalue weighted by atomic mass is 10.2. The summed E-state index contributed by atoms with van der Waals surface area (Å²) < 4.78 is 0. The Kier molecular flexibility index (Phi) is 3.68. The van der Waals surface area contributed by atoms with Crippen LogP contribution in [0.5, 0.6) is 0 Å². The topological polar surface area (TPSA) is 92.9 Å². The van der Waals surface area contributed by atoms with E-state index >= 15 is 0 Å². The first-order chi connectivity index (χ1) is 10.2. The second-order valence-electron chi connectivity index (χ2n) is 5.10. The van der Waals surface area contributed by atoms with Gasteiger partial charge in [-0.1, -0.05) is 0 Å². The minimum Gasteiger partial charge on any atom is -0.382 e. The van der Waals surface area contributed by atoms with Crippen molar-refractivity contribution in [3.05, 3.63) is 42.2 Å². The molecule has 6 nitrogen and oxygen atoms in total. The Morgan fingerprint density at radius 2 is 2.14 bits per heavy atom. The van der Waals surface area contributed by atoms with Crippen LogP contribution in [0.4, 0.5) is 17.3 Å². The number of anilines is 3. The van der Waals surface area contributed by atoms with Crippen molar-refractivity contribution in [3.8, 4) is 0 Å². The van der Waals surface area contributed by atoms with Crippen LogP contribution in [0.2, 0.25) is 0 Å². The summed E-state index contributed by atoms with van der Waals surface area (Å²) in [5.41, 5.74) is 7.58. The van der Waals surface area contributed by atoms with Crippen LogP contribution < -0.4 is 16.4 Å². The number of carbonyl (C=O) groups excluding carboxylic acids is 1. The zero-order chi connectivity index (χ0) is 14.7. The summed E-state index contributed by atoms with van der Waals surface area (Å²) >= 11 is 0. The number of hydrogen-bond acceptors (Lipinski definition) is 5. The second-order valence-corrected chi connectivity index (χ2v) is 5.10. The van der Waals surface area contributed by atoms with Crippen LogP contribution >= 0.6 is 0 Å². The van der Waals surface area contributed by atoms with Gasteiger partial charge in [-0.25, -0.2) is 9.97 Å². The fraction of sp³-hybridized carbons (Fsp3) is 0.267. The monoisotopic (exact) mass is 283 g/mol. The molecule has 0 saturated heterocycles. The minimum atomic E-state index is 0.0594. The van der Waals surface area contributed by atoms with Crippen molar-refractivity contribution in [2.75, 3.05) is 16.4 Å². The predicted molar refractivity (Wildman–Crippen MR) is 81.6 cm³/mol. The minimum absolute atomic E-state index is 0.0594. The van der Waals surface area contributed by atoms with E-state index in [1.165, 1.54) is 0 Å². The van der Waals surface area contributed by atoms with E-state index in [2.05, 4.69) is 20.6 Å². The molecule has 2 aromatic rings. The molecular weight excluding hydrogens is 266 g/mol. The number of hydrogen-bond donors (Lipinski definition) is 3.